The van der Waals surface area contributed by atoms with Gasteiger partial charge in [0.1, 0.15) is 17.5 Å². The Morgan fingerprint density at radius 3 is 2.75 bits per heavy atom. The Morgan fingerprint density at radius 2 is 2.10 bits per heavy atom. The Labute approximate surface area is 114 Å². The molecule has 20 heavy (non-hydrogen) atoms. The summed E-state index contributed by atoms with van der Waals surface area (Å²) in [5.41, 5.74) is 5.87. The van der Waals surface area contributed by atoms with E-state index in [0.29, 0.717) is 11.4 Å². The molecule has 0 aliphatic carbocycles. The van der Waals surface area contributed by atoms with Crippen LogP contribution >= 0.6 is 0 Å². The molecule has 1 heterocycles. The van der Waals surface area contributed by atoms with E-state index in [9.17, 15) is 14.5 Å². The van der Waals surface area contributed by atoms with Crippen LogP contribution < -0.4 is 10.6 Å². The Kier molecular flexibility index (Phi) is 3.79. The highest BCUT2D eigenvalue weighted by atomic mass is 19.1. The number of rotatable bonds is 4. The number of hydrogen-bond acceptors (Lipinski definition) is 5. The molecule has 0 bridgehead atoms. The zero-order chi connectivity index (χ0) is 14.7. The van der Waals surface area contributed by atoms with Gasteiger partial charge in [-0.05, 0) is 6.07 Å². The molecule has 2 N–H and O–H groups in total. The van der Waals surface area contributed by atoms with Crippen LogP contribution in [0.25, 0.3) is 0 Å². The molecule has 7 heteroatoms. The van der Waals surface area contributed by atoms with Crippen LogP contribution in [-0.4, -0.2) is 17.0 Å². The largest absolute Gasteiger partial charge is 0.383 e. The summed E-state index contributed by atoms with van der Waals surface area (Å²) >= 11 is 0. The first-order chi connectivity index (χ1) is 9.47. The third-order valence-corrected chi connectivity index (χ3v) is 2.78. The number of hydrogen-bond donors (Lipinski definition) is 1. The lowest BCUT2D eigenvalue weighted by Crippen LogP contribution is -2.19. The number of pyridine rings is 1. The Hall–Kier alpha value is -2.70. The lowest BCUT2D eigenvalue weighted by Gasteiger charge is -2.18. The Morgan fingerprint density at radius 1 is 1.40 bits per heavy atom. The van der Waals surface area contributed by atoms with Gasteiger partial charge in [-0.2, -0.15) is 0 Å². The van der Waals surface area contributed by atoms with Gasteiger partial charge in [-0.15, -0.1) is 0 Å². The van der Waals surface area contributed by atoms with Gasteiger partial charge in [0.2, 0.25) is 0 Å². The summed E-state index contributed by atoms with van der Waals surface area (Å²) in [5.74, 6) is 0.0345. The van der Waals surface area contributed by atoms with Crippen LogP contribution in [0.15, 0.2) is 36.4 Å². The molecule has 0 radical (unpaired) electrons. The van der Waals surface area contributed by atoms with Gasteiger partial charge >= 0.3 is 0 Å². The lowest BCUT2D eigenvalue weighted by molar-refractivity contribution is -0.384. The highest BCUT2D eigenvalue weighted by Gasteiger charge is 2.13. The minimum absolute atomic E-state index is 0.0505. The van der Waals surface area contributed by atoms with Crippen LogP contribution in [0.1, 0.15) is 5.56 Å². The fourth-order valence-electron chi connectivity index (χ4n) is 1.79. The number of nitrogens with two attached hydrogens (primary N) is 1. The van der Waals surface area contributed by atoms with Crippen LogP contribution in [-0.2, 0) is 6.54 Å². The number of aromatic nitrogens is 1. The van der Waals surface area contributed by atoms with E-state index in [-0.39, 0.29) is 23.9 Å². The molecular weight excluding hydrogens is 263 g/mol. The SMILES string of the molecule is CN(Cc1ccccc1F)c1cc([N+](=O)[O-])cc(N)n1. The number of anilines is 2. The third kappa shape index (κ3) is 3.00. The van der Waals surface area contributed by atoms with Crippen molar-refractivity contribution in [1.29, 1.82) is 0 Å². The second-order valence-corrected chi connectivity index (χ2v) is 4.31. The molecule has 0 amide bonds. The summed E-state index contributed by atoms with van der Waals surface area (Å²) in [4.78, 5) is 15.9. The normalized spacial score (nSPS) is 10.3. The third-order valence-electron chi connectivity index (χ3n) is 2.78. The molecule has 0 saturated heterocycles. The molecule has 0 aliphatic rings. The zero-order valence-corrected chi connectivity index (χ0v) is 10.8. The number of benzene rings is 1. The quantitative estimate of drug-likeness (QED) is 0.684. The summed E-state index contributed by atoms with van der Waals surface area (Å²) in [7, 11) is 1.66. The van der Waals surface area contributed by atoms with Crippen LogP contribution in [0.3, 0.4) is 0 Å². The summed E-state index contributed by atoms with van der Waals surface area (Å²) in [6.07, 6.45) is 0. The summed E-state index contributed by atoms with van der Waals surface area (Å²) < 4.78 is 13.6. The second kappa shape index (κ2) is 5.52. The molecule has 0 saturated carbocycles. The first-order valence-electron chi connectivity index (χ1n) is 5.84. The number of halogens is 1. The smallest absolute Gasteiger partial charge is 0.276 e. The molecule has 1 aromatic carbocycles. The molecule has 1 aromatic heterocycles. The lowest BCUT2D eigenvalue weighted by atomic mass is 10.2. The van der Waals surface area contributed by atoms with Crippen molar-refractivity contribution in [3.63, 3.8) is 0 Å². The molecule has 0 fully saturated rings. The molecule has 2 aromatic rings. The molecule has 6 nitrogen and oxygen atoms in total. The van der Waals surface area contributed by atoms with Crippen LogP contribution in [0.5, 0.6) is 0 Å². The molecule has 0 spiro atoms. The first-order valence-corrected chi connectivity index (χ1v) is 5.84. The van der Waals surface area contributed by atoms with Crippen molar-refractivity contribution >= 4 is 17.3 Å². The second-order valence-electron chi connectivity index (χ2n) is 4.31. The Bertz CT molecular complexity index is 648. The Balaban J connectivity index is 2.27. The van der Waals surface area contributed by atoms with Gasteiger partial charge < -0.3 is 10.6 Å². The van der Waals surface area contributed by atoms with E-state index in [1.54, 1.807) is 30.1 Å². The fraction of sp³-hybridized carbons (Fsp3) is 0.154. The van der Waals surface area contributed by atoms with Crippen molar-refractivity contribution in [2.24, 2.45) is 0 Å². The van der Waals surface area contributed by atoms with Crippen molar-refractivity contribution in [2.45, 2.75) is 6.54 Å². The van der Waals surface area contributed by atoms with Gasteiger partial charge in [-0.1, -0.05) is 18.2 Å². The maximum atomic E-state index is 13.6. The minimum Gasteiger partial charge on any atom is -0.383 e. The van der Waals surface area contributed by atoms with Gasteiger partial charge in [0, 0.05) is 19.2 Å². The van der Waals surface area contributed by atoms with E-state index >= 15 is 0 Å². The van der Waals surface area contributed by atoms with Crippen molar-refractivity contribution in [3.8, 4) is 0 Å². The van der Waals surface area contributed by atoms with Crippen molar-refractivity contribution in [1.82, 2.24) is 4.98 Å². The summed E-state index contributed by atoms with van der Waals surface area (Å²) in [5, 5.41) is 10.8. The fourth-order valence-corrected chi connectivity index (χ4v) is 1.79. The van der Waals surface area contributed by atoms with Gasteiger partial charge in [0.05, 0.1) is 17.1 Å². The van der Waals surface area contributed by atoms with E-state index < -0.39 is 4.92 Å². The molecule has 0 atom stereocenters. The van der Waals surface area contributed by atoms with Gasteiger partial charge in [0.15, 0.2) is 0 Å². The van der Waals surface area contributed by atoms with Crippen LogP contribution in [0, 0.1) is 15.9 Å². The highest BCUT2D eigenvalue weighted by molar-refractivity contribution is 5.54. The summed E-state index contributed by atoms with van der Waals surface area (Å²) in [6, 6.07) is 8.81. The van der Waals surface area contributed by atoms with E-state index in [0.717, 1.165) is 0 Å². The predicted octanol–water partition coefficient (Wildman–Crippen LogP) is 2.35. The predicted molar refractivity (Wildman–Crippen MR) is 73.8 cm³/mol. The highest BCUT2D eigenvalue weighted by Crippen LogP contribution is 2.22. The minimum atomic E-state index is -0.543. The molecule has 104 valence electrons. The van der Waals surface area contributed by atoms with E-state index in [1.165, 1.54) is 18.2 Å². The summed E-state index contributed by atoms with van der Waals surface area (Å²) in [6.45, 7) is 0.236. The monoisotopic (exact) mass is 276 g/mol. The molecular formula is C13H13FN4O2. The average Bonchev–Trinajstić information content (AvgIpc) is 2.40. The number of nitrogen functional groups attached to an aromatic ring is 1. The van der Waals surface area contributed by atoms with E-state index in [2.05, 4.69) is 4.98 Å². The van der Waals surface area contributed by atoms with Gasteiger partial charge in [-0.3, -0.25) is 10.1 Å². The van der Waals surface area contributed by atoms with Crippen LogP contribution in [0.2, 0.25) is 0 Å². The van der Waals surface area contributed by atoms with Crippen molar-refractivity contribution in [2.75, 3.05) is 17.7 Å². The maximum absolute atomic E-state index is 13.6. The molecule has 0 unspecified atom stereocenters. The average molecular weight is 276 g/mol. The first kappa shape index (κ1) is 13.7. The standard InChI is InChI=1S/C13H13FN4O2/c1-17(8-9-4-2-3-5-11(9)14)13-7-10(18(19)20)6-12(15)16-13/h2-7H,8H2,1H3,(H2,15,16). The van der Waals surface area contributed by atoms with Crippen molar-refractivity contribution in [3.05, 3.63) is 57.9 Å². The zero-order valence-electron chi connectivity index (χ0n) is 10.8. The van der Waals surface area contributed by atoms with E-state index in [4.69, 9.17) is 5.73 Å². The van der Waals surface area contributed by atoms with Crippen LogP contribution in [0.4, 0.5) is 21.7 Å². The van der Waals surface area contributed by atoms with Gasteiger partial charge in [0.25, 0.3) is 5.69 Å². The topological polar surface area (TPSA) is 85.3 Å². The van der Waals surface area contributed by atoms with Crippen molar-refractivity contribution < 1.29 is 9.31 Å². The number of nitrogens with zero attached hydrogens (tertiary/aromatic N) is 3. The maximum Gasteiger partial charge on any atom is 0.276 e. The number of nitro groups is 1. The van der Waals surface area contributed by atoms with Gasteiger partial charge in [-0.25, -0.2) is 9.37 Å². The molecule has 0 aliphatic heterocycles. The molecule has 2 rings (SSSR count). The van der Waals surface area contributed by atoms with E-state index in [1.807, 2.05) is 0 Å².